The van der Waals surface area contributed by atoms with Gasteiger partial charge in [-0.15, -0.1) is 0 Å². The highest BCUT2D eigenvalue weighted by molar-refractivity contribution is 5.79. The Hall–Kier alpha value is -2.40. The number of hydrogen-bond donors (Lipinski definition) is 2. The number of halogens is 1. The third-order valence-electron chi connectivity index (χ3n) is 4.39. The van der Waals surface area contributed by atoms with E-state index in [2.05, 4.69) is 58.9 Å². The number of benzene rings is 2. The SMILES string of the molecule is CN=C(NCCc1ccc(F)cc1)NCC(Cc1ccccc1)N(C)C. The van der Waals surface area contributed by atoms with E-state index in [1.165, 1.54) is 17.7 Å². The molecule has 0 aliphatic heterocycles. The van der Waals surface area contributed by atoms with Crippen molar-refractivity contribution in [2.75, 3.05) is 34.2 Å². The van der Waals surface area contributed by atoms with Crippen LogP contribution in [-0.4, -0.2) is 51.1 Å². The summed E-state index contributed by atoms with van der Waals surface area (Å²) in [5.41, 5.74) is 2.43. The molecule has 0 aliphatic rings. The predicted molar refractivity (Wildman–Crippen MR) is 107 cm³/mol. The van der Waals surface area contributed by atoms with Gasteiger partial charge in [-0.3, -0.25) is 4.99 Å². The number of rotatable bonds is 8. The van der Waals surface area contributed by atoms with Gasteiger partial charge in [0.25, 0.3) is 0 Å². The monoisotopic (exact) mass is 356 g/mol. The minimum Gasteiger partial charge on any atom is -0.356 e. The lowest BCUT2D eigenvalue weighted by atomic mass is 10.1. The number of hydrogen-bond acceptors (Lipinski definition) is 2. The van der Waals surface area contributed by atoms with Crippen molar-refractivity contribution in [3.05, 3.63) is 71.5 Å². The van der Waals surface area contributed by atoms with E-state index >= 15 is 0 Å². The molecule has 0 aliphatic carbocycles. The van der Waals surface area contributed by atoms with E-state index in [1.54, 1.807) is 7.05 Å². The van der Waals surface area contributed by atoms with Crippen LogP contribution in [0.1, 0.15) is 11.1 Å². The van der Waals surface area contributed by atoms with Crippen LogP contribution in [0.3, 0.4) is 0 Å². The van der Waals surface area contributed by atoms with Crippen molar-refractivity contribution in [1.82, 2.24) is 15.5 Å². The second kappa shape index (κ2) is 10.6. The van der Waals surface area contributed by atoms with Gasteiger partial charge in [-0.05, 0) is 50.2 Å². The van der Waals surface area contributed by atoms with Crippen molar-refractivity contribution >= 4 is 5.96 Å². The third-order valence-corrected chi connectivity index (χ3v) is 4.39. The topological polar surface area (TPSA) is 39.7 Å². The lowest BCUT2D eigenvalue weighted by Gasteiger charge is -2.25. The van der Waals surface area contributed by atoms with E-state index in [-0.39, 0.29) is 5.82 Å². The Morgan fingerprint density at radius 2 is 1.69 bits per heavy atom. The molecule has 26 heavy (non-hydrogen) atoms. The smallest absolute Gasteiger partial charge is 0.191 e. The zero-order chi connectivity index (χ0) is 18.8. The summed E-state index contributed by atoms with van der Waals surface area (Å²) in [6, 6.07) is 17.5. The van der Waals surface area contributed by atoms with Crippen molar-refractivity contribution in [2.45, 2.75) is 18.9 Å². The molecule has 0 aromatic heterocycles. The standard InChI is InChI=1S/C21H29FN4/c1-23-21(24-14-13-17-9-11-19(22)12-10-17)25-16-20(26(2)3)15-18-7-5-4-6-8-18/h4-12,20H,13-16H2,1-3H3,(H2,23,24,25). The fourth-order valence-electron chi connectivity index (χ4n) is 2.73. The molecule has 140 valence electrons. The Bertz CT molecular complexity index is 668. The summed E-state index contributed by atoms with van der Waals surface area (Å²) in [6.07, 6.45) is 1.80. The van der Waals surface area contributed by atoms with Gasteiger partial charge in [-0.2, -0.15) is 0 Å². The summed E-state index contributed by atoms with van der Waals surface area (Å²) >= 11 is 0. The second-order valence-corrected chi connectivity index (χ2v) is 6.56. The van der Waals surface area contributed by atoms with Gasteiger partial charge in [0.2, 0.25) is 0 Å². The van der Waals surface area contributed by atoms with Crippen molar-refractivity contribution in [3.63, 3.8) is 0 Å². The molecule has 2 rings (SSSR count). The summed E-state index contributed by atoms with van der Waals surface area (Å²) in [5.74, 6) is 0.583. The van der Waals surface area contributed by atoms with Crippen molar-refractivity contribution in [3.8, 4) is 0 Å². The van der Waals surface area contributed by atoms with E-state index in [0.29, 0.717) is 6.04 Å². The molecular weight excluding hydrogens is 327 g/mol. The molecule has 0 radical (unpaired) electrons. The number of nitrogens with zero attached hydrogens (tertiary/aromatic N) is 2. The van der Waals surface area contributed by atoms with Crippen LogP contribution >= 0.6 is 0 Å². The molecule has 1 atom stereocenters. The molecule has 0 heterocycles. The molecule has 0 bridgehead atoms. The first-order chi connectivity index (χ1) is 12.6. The molecule has 0 amide bonds. The van der Waals surface area contributed by atoms with Crippen LogP contribution in [0.2, 0.25) is 0 Å². The number of likely N-dealkylation sites (N-methyl/N-ethyl adjacent to an activating group) is 1. The van der Waals surface area contributed by atoms with Crippen LogP contribution in [-0.2, 0) is 12.8 Å². The summed E-state index contributed by atoms with van der Waals surface area (Å²) < 4.78 is 12.9. The van der Waals surface area contributed by atoms with E-state index in [0.717, 1.165) is 37.5 Å². The minimum atomic E-state index is -0.202. The van der Waals surface area contributed by atoms with Gasteiger partial charge in [0.15, 0.2) is 5.96 Å². The first kappa shape index (κ1) is 19.9. The molecular formula is C21H29FN4. The van der Waals surface area contributed by atoms with Crippen LogP contribution < -0.4 is 10.6 Å². The van der Waals surface area contributed by atoms with E-state index in [9.17, 15) is 4.39 Å². The highest BCUT2D eigenvalue weighted by Crippen LogP contribution is 2.06. The zero-order valence-electron chi connectivity index (χ0n) is 15.9. The Morgan fingerprint density at radius 3 is 2.31 bits per heavy atom. The first-order valence-corrected chi connectivity index (χ1v) is 8.98. The maximum atomic E-state index is 12.9. The van der Waals surface area contributed by atoms with Crippen molar-refractivity contribution < 1.29 is 4.39 Å². The Labute approximate surface area is 156 Å². The van der Waals surface area contributed by atoms with Gasteiger partial charge in [0, 0.05) is 26.2 Å². The fourth-order valence-corrected chi connectivity index (χ4v) is 2.73. The molecule has 1 unspecified atom stereocenters. The van der Waals surface area contributed by atoms with Crippen molar-refractivity contribution in [2.24, 2.45) is 4.99 Å². The number of aliphatic imine (C=N–C) groups is 1. The highest BCUT2D eigenvalue weighted by atomic mass is 19.1. The Kier molecular flexibility index (Phi) is 8.09. The molecule has 0 saturated heterocycles. The average Bonchev–Trinajstić information content (AvgIpc) is 2.65. The zero-order valence-corrected chi connectivity index (χ0v) is 15.9. The van der Waals surface area contributed by atoms with E-state index in [4.69, 9.17) is 0 Å². The van der Waals surface area contributed by atoms with Crippen LogP contribution in [0.5, 0.6) is 0 Å². The Morgan fingerprint density at radius 1 is 1.00 bits per heavy atom. The lowest BCUT2D eigenvalue weighted by molar-refractivity contribution is 0.290. The second-order valence-electron chi connectivity index (χ2n) is 6.56. The van der Waals surface area contributed by atoms with Gasteiger partial charge in [0.1, 0.15) is 5.82 Å². The highest BCUT2D eigenvalue weighted by Gasteiger charge is 2.12. The molecule has 2 N–H and O–H groups in total. The van der Waals surface area contributed by atoms with Gasteiger partial charge in [0.05, 0.1) is 0 Å². The molecule has 2 aromatic carbocycles. The normalized spacial score (nSPS) is 12.9. The fraction of sp³-hybridized carbons (Fsp3) is 0.381. The molecule has 4 nitrogen and oxygen atoms in total. The molecule has 0 spiro atoms. The first-order valence-electron chi connectivity index (χ1n) is 8.98. The van der Waals surface area contributed by atoms with Gasteiger partial charge >= 0.3 is 0 Å². The summed E-state index contributed by atoms with van der Waals surface area (Å²) in [7, 11) is 5.97. The van der Waals surface area contributed by atoms with Crippen LogP contribution in [0.4, 0.5) is 4.39 Å². The lowest BCUT2D eigenvalue weighted by Crippen LogP contribution is -2.46. The van der Waals surface area contributed by atoms with Gasteiger partial charge < -0.3 is 15.5 Å². The molecule has 5 heteroatoms. The summed E-state index contributed by atoms with van der Waals surface area (Å²) in [4.78, 5) is 6.52. The summed E-state index contributed by atoms with van der Waals surface area (Å²) in [5, 5.41) is 6.72. The van der Waals surface area contributed by atoms with Gasteiger partial charge in [-0.25, -0.2) is 4.39 Å². The van der Waals surface area contributed by atoms with Crippen molar-refractivity contribution in [1.29, 1.82) is 0 Å². The molecule has 2 aromatic rings. The quantitative estimate of drug-likeness (QED) is 0.564. The van der Waals surface area contributed by atoms with Gasteiger partial charge in [-0.1, -0.05) is 42.5 Å². The van der Waals surface area contributed by atoms with Crippen LogP contribution in [0, 0.1) is 5.82 Å². The number of nitrogens with one attached hydrogen (secondary N) is 2. The minimum absolute atomic E-state index is 0.202. The van der Waals surface area contributed by atoms with Crippen LogP contribution in [0.25, 0.3) is 0 Å². The largest absolute Gasteiger partial charge is 0.356 e. The maximum Gasteiger partial charge on any atom is 0.191 e. The van der Waals surface area contributed by atoms with E-state index in [1.807, 2.05) is 18.2 Å². The van der Waals surface area contributed by atoms with Crippen LogP contribution in [0.15, 0.2) is 59.6 Å². The van der Waals surface area contributed by atoms with E-state index < -0.39 is 0 Å². The molecule has 0 saturated carbocycles. The number of guanidine groups is 1. The predicted octanol–water partition coefficient (Wildman–Crippen LogP) is 2.71. The Balaban J connectivity index is 1.79. The summed E-state index contributed by atoms with van der Waals surface area (Å²) in [6.45, 7) is 1.55. The maximum absolute atomic E-state index is 12.9. The molecule has 0 fully saturated rings. The third kappa shape index (κ3) is 6.84. The average molecular weight is 356 g/mol.